The molecular weight excluding hydrogens is 400 g/mol. The molecule has 33 heavy (non-hydrogen) atoms. The van der Waals surface area contributed by atoms with E-state index in [9.17, 15) is 5.11 Å². The molecule has 0 spiro atoms. The number of benzene rings is 1. The minimum absolute atomic E-state index is 0.286. The van der Waals surface area contributed by atoms with Crippen LogP contribution < -0.4 is 0 Å². The Bertz CT molecular complexity index is 845. The topological polar surface area (TPSA) is 20.2 Å². The summed E-state index contributed by atoms with van der Waals surface area (Å²) in [5.41, 5.74) is 0.969. The van der Waals surface area contributed by atoms with Crippen LogP contribution in [0.4, 0.5) is 0 Å². The largest absolute Gasteiger partial charge is 0.392 e. The molecule has 3 rings (SSSR count). The summed E-state index contributed by atoms with van der Waals surface area (Å²) in [5, 5.41) is 11.9. The average molecular weight is 445 g/mol. The normalized spacial score (nSPS) is 27.8. The zero-order valence-corrected chi connectivity index (χ0v) is 20.9. The van der Waals surface area contributed by atoms with Crippen molar-refractivity contribution in [1.82, 2.24) is 0 Å². The molecule has 1 N–H and O–H groups in total. The second-order valence-corrected chi connectivity index (χ2v) is 10.2. The third-order valence-electron chi connectivity index (χ3n) is 8.27. The molecule has 0 saturated heterocycles. The van der Waals surface area contributed by atoms with Crippen molar-refractivity contribution < 1.29 is 5.11 Å². The van der Waals surface area contributed by atoms with Gasteiger partial charge in [-0.1, -0.05) is 125 Å². The van der Waals surface area contributed by atoms with Crippen LogP contribution in [0.5, 0.6) is 0 Å². The summed E-state index contributed by atoms with van der Waals surface area (Å²) >= 11 is 0. The van der Waals surface area contributed by atoms with Gasteiger partial charge in [0.05, 0.1) is 6.10 Å². The maximum Gasteiger partial charge on any atom is 0.0639 e. The Labute approximate surface area is 202 Å². The molecule has 0 heterocycles. The highest BCUT2D eigenvalue weighted by atomic mass is 16.3. The Balaban J connectivity index is 2.04. The third-order valence-corrected chi connectivity index (χ3v) is 8.27. The van der Waals surface area contributed by atoms with Crippen LogP contribution in [-0.2, 0) is 5.41 Å². The molecule has 1 nitrogen and oxygen atoms in total. The average Bonchev–Trinajstić information content (AvgIpc) is 2.85. The van der Waals surface area contributed by atoms with Crippen LogP contribution in [-0.4, -0.2) is 11.2 Å². The highest BCUT2D eigenvalue weighted by Crippen LogP contribution is 2.50. The molecule has 0 bridgehead atoms. The van der Waals surface area contributed by atoms with Gasteiger partial charge in [0.2, 0.25) is 0 Å². The van der Waals surface area contributed by atoms with Gasteiger partial charge in [0, 0.05) is 5.41 Å². The molecular formula is C32H44O. The molecule has 178 valence electrons. The fourth-order valence-corrected chi connectivity index (χ4v) is 6.32. The summed E-state index contributed by atoms with van der Waals surface area (Å²) in [6.45, 7) is 11.0. The molecule has 0 fully saturated rings. The number of unbranched alkanes of at least 4 members (excludes halogenated alkanes) is 2. The first-order valence-electron chi connectivity index (χ1n) is 13.1. The van der Waals surface area contributed by atoms with Crippen LogP contribution in [0.2, 0.25) is 0 Å². The summed E-state index contributed by atoms with van der Waals surface area (Å²) in [4.78, 5) is 0. The number of allylic oxidation sites excluding steroid dienone is 9. The predicted octanol–water partition coefficient (Wildman–Crippen LogP) is 8.20. The van der Waals surface area contributed by atoms with E-state index in [1.54, 1.807) is 0 Å². The van der Waals surface area contributed by atoms with Crippen LogP contribution >= 0.6 is 0 Å². The zero-order valence-electron chi connectivity index (χ0n) is 20.9. The van der Waals surface area contributed by atoms with Gasteiger partial charge < -0.3 is 5.11 Å². The van der Waals surface area contributed by atoms with Crippen molar-refractivity contribution in [3.63, 3.8) is 0 Å². The highest BCUT2D eigenvalue weighted by Gasteiger charge is 2.48. The maximum atomic E-state index is 11.9. The van der Waals surface area contributed by atoms with Gasteiger partial charge in [-0.15, -0.1) is 6.58 Å². The van der Waals surface area contributed by atoms with Gasteiger partial charge in [-0.05, 0) is 54.4 Å². The van der Waals surface area contributed by atoms with Gasteiger partial charge in [-0.3, -0.25) is 0 Å². The van der Waals surface area contributed by atoms with Gasteiger partial charge in [0.15, 0.2) is 0 Å². The van der Waals surface area contributed by atoms with E-state index in [2.05, 4.69) is 106 Å². The standard InChI is InChI=1S/C32H44O/c1-5-7-10-23-31(33)32(24-8-6-2,27-18-11-9-12-19-27)26(4)29-21-15-16-22-30(29)28-20-14-13-17-25(28)3/h6,9,11-22,25-26,28-31,33H,2,5,7-8,10,23-24H2,1,3-4H3. The predicted molar refractivity (Wildman–Crippen MR) is 143 cm³/mol. The van der Waals surface area contributed by atoms with Crippen molar-refractivity contribution in [3.05, 3.63) is 97.2 Å². The Kier molecular flexibility index (Phi) is 9.56. The summed E-state index contributed by atoms with van der Waals surface area (Å²) in [7, 11) is 0. The summed E-state index contributed by atoms with van der Waals surface area (Å²) in [5.74, 6) is 2.07. The number of hydrogen-bond acceptors (Lipinski definition) is 1. The molecule has 2 aliphatic rings. The Morgan fingerprint density at radius 2 is 1.64 bits per heavy atom. The SMILES string of the molecule is C=CCCC(c1ccccc1)(C(O)CCCCC)C(C)C1C=CC=CC1C1C=CC=CC1C. The lowest BCUT2D eigenvalue weighted by atomic mass is 9.56. The fraction of sp³-hybridized carbons (Fsp3) is 0.500. The lowest BCUT2D eigenvalue weighted by Crippen LogP contribution is -2.49. The lowest BCUT2D eigenvalue weighted by molar-refractivity contribution is 0.00878. The van der Waals surface area contributed by atoms with Gasteiger partial charge in [0.1, 0.15) is 0 Å². The van der Waals surface area contributed by atoms with Crippen molar-refractivity contribution in [2.24, 2.45) is 29.6 Å². The van der Waals surface area contributed by atoms with Crippen LogP contribution in [0.15, 0.2) is 91.6 Å². The Morgan fingerprint density at radius 1 is 0.970 bits per heavy atom. The Morgan fingerprint density at radius 3 is 2.30 bits per heavy atom. The van der Waals surface area contributed by atoms with E-state index >= 15 is 0 Å². The molecule has 0 radical (unpaired) electrons. The van der Waals surface area contributed by atoms with Crippen LogP contribution in [0.3, 0.4) is 0 Å². The van der Waals surface area contributed by atoms with Gasteiger partial charge in [0.25, 0.3) is 0 Å². The molecule has 0 saturated carbocycles. The first-order chi connectivity index (χ1) is 16.1. The minimum Gasteiger partial charge on any atom is -0.392 e. The van der Waals surface area contributed by atoms with E-state index in [1.807, 2.05) is 6.08 Å². The molecule has 0 amide bonds. The number of aliphatic hydroxyl groups excluding tert-OH is 1. The first kappa shape index (κ1) is 25.5. The van der Waals surface area contributed by atoms with Crippen molar-refractivity contribution in [1.29, 1.82) is 0 Å². The second kappa shape index (κ2) is 12.4. The second-order valence-electron chi connectivity index (χ2n) is 10.2. The lowest BCUT2D eigenvalue weighted by Gasteiger charge is -2.49. The first-order valence-corrected chi connectivity index (χ1v) is 13.1. The molecule has 1 aromatic carbocycles. The molecule has 0 aliphatic heterocycles. The van der Waals surface area contributed by atoms with Crippen molar-refractivity contribution in [2.45, 2.75) is 70.8 Å². The maximum absolute atomic E-state index is 11.9. The summed E-state index contributed by atoms with van der Waals surface area (Å²) in [6, 6.07) is 10.8. The monoisotopic (exact) mass is 444 g/mol. The molecule has 7 unspecified atom stereocenters. The van der Waals surface area contributed by atoms with Crippen molar-refractivity contribution in [3.8, 4) is 0 Å². The van der Waals surface area contributed by atoms with E-state index in [0.29, 0.717) is 23.7 Å². The molecule has 0 aromatic heterocycles. The van der Waals surface area contributed by atoms with Crippen LogP contribution in [0.25, 0.3) is 0 Å². The van der Waals surface area contributed by atoms with Crippen LogP contribution in [0, 0.1) is 29.6 Å². The van der Waals surface area contributed by atoms with Crippen LogP contribution in [0.1, 0.15) is 64.9 Å². The number of hydrogen-bond donors (Lipinski definition) is 1. The van der Waals surface area contributed by atoms with E-state index in [0.717, 1.165) is 25.7 Å². The van der Waals surface area contributed by atoms with Gasteiger partial charge >= 0.3 is 0 Å². The van der Waals surface area contributed by atoms with Crippen molar-refractivity contribution in [2.75, 3.05) is 0 Å². The molecule has 2 aliphatic carbocycles. The molecule has 7 atom stereocenters. The molecule has 1 aromatic rings. The quantitative estimate of drug-likeness (QED) is 0.254. The molecule has 1 heteroatoms. The zero-order chi connectivity index (χ0) is 23.7. The van der Waals surface area contributed by atoms with Gasteiger partial charge in [-0.2, -0.15) is 0 Å². The third kappa shape index (κ3) is 5.69. The van der Waals surface area contributed by atoms with E-state index in [4.69, 9.17) is 0 Å². The summed E-state index contributed by atoms with van der Waals surface area (Å²) in [6.07, 6.45) is 26.1. The van der Waals surface area contributed by atoms with E-state index in [-0.39, 0.29) is 17.4 Å². The number of rotatable bonds is 12. The van der Waals surface area contributed by atoms with Gasteiger partial charge in [-0.25, -0.2) is 0 Å². The summed E-state index contributed by atoms with van der Waals surface area (Å²) < 4.78 is 0. The number of aliphatic hydroxyl groups is 1. The highest BCUT2D eigenvalue weighted by molar-refractivity contribution is 5.32. The van der Waals surface area contributed by atoms with E-state index in [1.165, 1.54) is 18.4 Å². The van der Waals surface area contributed by atoms with Crippen molar-refractivity contribution >= 4 is 0 Å². The Hall–Kier alpha value is -2.12. The smallest absolute Gasteiger partial charge is 0.0639 e. The fourth-order valence-electron chi connectivity index (χ4n) is 6.32. The minimum atomic E-state index is -0.374. The van der Waals surface area contributed by atoms with E-state index < -0.39 is 0 Å².